The van der Waals surface area contributed by atoms with Gasteiger partial charge in [0.05, 0.1) is 36.2 Å². The summed E-state index contributed by atoms with van der Waals surface area (Å²) < 4.78 is 17.5. The predicted octanol–water partition coefficient (Wildman–Crippen LogP) is 14.1. The van der Waals surface area contributed by atoms with Crippen LogP contribution in [-0.2, 0) is 62.2 Å². The Morgan fingerprint density at radius 1 is 0.394 bits per heavy atom. The lowest BCUT2D eigenvalue weighted by Crippen LogP contribution is -2.48. The fourth-order valence-corrected chi connectivity index (χ4v) is 19.7. The second kappa shape index (κ2) is 42.0. The summed E-state index contributed by atoms with van der Waals surface area (Å²) in [5.74, 6) is 1.38. The van der Waals surface area contributed by atoms with Gasteiger partial charge in [0.1, 0.15) is 22.1 Å². The number of hydrogen-bond donors (Lipinski definition) is 6. The number of benzene rings is 5. The van der Waals surface area contributed by atoms with Crippen molar-refractivity contribution >= 4 is 108 Å². The highest BCUT2D eigenvalue weighted by atomic mass is 32.1. The molecule has 0 radical (unpaired) electrons. The van der Waals surface area contributed by atoms with Crippen LogP contribution in [0.2, 0.25) is 0 Å². The van der Waals surface area contributed by atoms with Gasteiger partial charge in [-0.25, -0.2) is 24.9 Å². The maximum Gasteiger partial charge on any atom is 0.258 e. The van der Waals surface area contributed by atoms with E-state index in [1.807, 2.05) is 144 Å². The molecule has 0 bridgehead atoms. The molecular formula is C104H111N23O9S. The van der Waals surface area contributed by atoms with Crippen molar-refractivity contribution in [1.82, 2.24) is 99.9 Å². The number of thiazole rings is 1. The Hall–Kier alpha value is -14.2. The van der Waals surface area contributed by atoms with Gasteiger partial charge in [0.25, 0.3) is 17.7 Å². The summed E-state index contributed by atoms with van der Waals surface area (Å²) in [4.78, 5) is 127. The minimum Gasteiger partial charge on any atom is -0.367 e. The van der Waals surface area contributed by atoms with Crippen LogP contribution in [0.25, 0.3) is 100 Å². The van der Waals surface area contributed by atoms with Crippen molar-refractivity contribution in [2.24, 2.45) is 0 Å². The molecule has 0 saturated carbocycles. The quantitative estimate of drug-likeness (QED) is 0.0293. The molecule has 0 unspecified atom stereocenters. The Balaban J connectivity index is 0.000000137. The van der Waals surface area contributed by atoms with Crippen LogP contribution < -0.4 is 16.0 Å². The number of piperidine rings is 1. The average Bonchev–Trinajstić information content (AvgIpc) is 1.65. The normalized spacial score (nSPS) is 18.8. The van der Waals surface area contributed by atoms with Crippen LogP contribution in [0.3, 0.4) is 0 Å². The van der Waals surface area contributed by atoms with Crippen molar-refractivity contribution in [2.75, 3.05) is 135 Å². The van der Waals surface area contributed by atoms with Gasteiger partial charge in [-0.15, -0.1) is 11.3 Å². The third kappa shape index (κ3) is 21.0. The zero-order valence-electron chi connectivity index (χ0n) is 77.7. The Morgan fingerprint density at radius 3 is 1.12 bits per heavy atom. The Morgan fingerprint density at radius 2 is 0.766 bits per heavy atom. The van der Waals surface area contributed by atoms with Crippen LogP contribution in [0.4, 0.5) is 17.1 Å². The van der Waals surface area contributed by atoms with Gasteiger partial charge >= 0.3 is 0 Å². The van der Waals surface area contributed by atoms with E-state index in [0.29, 0.717) is 127 Å². The van der Waals surface area contributed by atoms with Gasteiger partial charge in [-0.3, -0.25) is 73.7 Å². The van der Waals surface area contributed by atoms with Crippen molar-refractivity contribution < 1.29 is 43.0 Å². The number of anilines is 3. The summed E-state index contributed by atoms with van der Waals surface area (Å²) in [6.07, 6.45) is 25.8. The lowest BCUT2D eigenvalue weighted by Gasteiger charge is -2.33. The molecule has 6 aliphatic heterocycles. The number of ether oxygens (including phenoxy) is 3. The number of aromatic amines is 3. The Bertz CT molecular complexity index is 6750. The highest BCUT2D eigenvalue weighted by Gasteiger charge is 2.49. The highest BCUT2D eigenvalue weighted by molar-refractivity contribution is 7.10. The second-order valence-electron chi connectivity index (χ2n) is 35.5. The minimum atomic E-state index is -1.05. The van der Waals surface area contributed by atoms with E-state index in [0.717, 1.165) is 156 Å². The molecule has 702 valence electrons. The number of H-pyrrole nitrogens is 3. The van der Waals surface area contributed by atoms with Crippen molar-refractivity contribution in [3.63, 3.8) is 0 Å². The van der Waals surface area contributed by atoms with Crippen LogP contribution in [0, 0.1) is 0 Å². The zero-order chi connectivity index (χ0) is 94.6. The number of carbonyl (C=O) groups excluding carboxylic acids is 6. The van der Waals surface area contributed by atoms with Crippen molar-refractivity contribution in [3.05, 3.63) is 252 Å². The molecule has 0 aliphatic carbocycles. The number of pyridine rings is 3. The van der Waals surface area contributed by atoms with Gasteiger partial charge in [0.2, 0.25) is 17.7 Å². The lowest BCUT2D eigenvalue weighted by molar-refractivity contribution is -0.138. The first-order valence-corrected chi connectivity index (χ1v) is 47.7. The third-order valence-corrected chi connectivity index (χ3v) is 28.1. The molecule has 137 heavy (non-hydrogen) atoms. The number of methoxy groups -OCH3 is 3. The number of aromatic nitrogens is 14. The third-order valence-electron chi connectivity index (χ3n) is 27.2. The molecule has 20 rings (SSSR count). The molecule has 3 atom stereocenters. The maximum absolute atomic E-state index is 13.7. The highest BCUT2D eigenvalue weighted by Crippen LogP contribution is 2.39. The standard InChI is InChI=1S/C37H40N8O3.C37H38N8O3.C30H33N7O3S/c2*1-3-29-21-28(11-17-38-29)34-31-22-30(9-10-32(31)42-43-34)41-36(47)37(48-2)14-20-44(24-37)23-33(46)45-18-12-26(13-19-45)25-5-7-27(8-6-25)35-39-15-4-16-40-35;1-3-22-16-21(6-10-31-22)27-24-17-23(4-5-25(24)34-35-27)33-29(39)30(40-2)9-14-36(19-30)18-26(38)37-12-7-20(8-13-37)28-32-11-15-41-28/h4-11,15-17,21-22,26H,3,12-14,18-20,23-24H2,1-2H3,(H,41,47)(H,42,43);4-12,15-17,21-22H,3,13-14,18-20,23-24H2,1-2H3,(H,41,47)(H,42,43);4-7,10-11,15-17H,3,8-9,12-14,18-19H2,1-2H3,(H,33,39)(H,34,35)/t2*37-;30-/m000/s1. The van der Waals surface area contributed by atoms with E-state index in [1.165, 1.54) is 16.7 Å². The minimum absolute atomic E-state index is 0.0504. The van der Waals surface area contributed by atoms with Crippen molar-refractivity contribution in [1.29, 1.82) is 0 Å². The molecule has 5 aromatic carbocycles. The fourth-order valence-electron chi connectivity index (χ4n) is 19.0. The smallest absolute Gasteiger partial charge is 0.258 e. The topological polar surface area (TPSA) is 375 Å². The van der Waals surface area contributed by atoms with Gasteiger partial charge in [0, 0.05) is 233 Å². The molecule has 6 aliphatic rings. The first-order chi connectivity index (χ1) is 66.9. The van der Waals surface area contributed by atoms with E-state index in [4.69, 9.17) is 14.2 Å². The largest absolute Gasteiger partial charge is 0.367 e. The monoisotopic (exact) mass is 1860 g/mol. The molecule has 6 N–H and O–H groups in total. The number of nitrogens with one attached hydrogen (secondary N) is 6. The summed E-state index contributed by atoms with van der Waals surface area (Å²) >= 11 is 1.62. The number of nitrogens with zero attached hydrogens (tertiary/aromatic N) is 17. The summed E-state index contributed by atoms with van der Waals surface area (Å²) in [7, 11) is 4.70. The molecule has 32 nitrogen and oxygen atoms in total. The summed E-state index contributed by atoms with van der Waals surface area (Å²) in [5, 5.41) is 37.8. The van der Waals surface area contributed by atoms with E-state index >= 15 is 0 Å². The van der Waals surface area contributed by atoms with Gasteiger partial charge in [-0.1, -0.05) is 81.5 Å². The lowest BCUT2D eigenvalue weighted by atomic mass is 9.89. The van der Waals surface area contributed by atoms with Crippen molar-refractivity contribution in [2.45, 2.75) is 108 Å². The zero-order valence-corrected chi connectivity index (χ0v) is 78.5. The Kier molecular flexibility index (Phi) is 28.6. The maximum atomic E-state index is 13.7. The van der Waals surface area contributed by atoms with Crippen LogP contribution in [0.15, 0.2) is 219 Å². The summed E-state index contributed by atoms with van der Waals surface area (Å²) in [6.45, 7) is 13.7. The number of fused-ring (bicyclic) bond motifs is 3. The number of rotatable bonds is 26. The van der Waals surface area contributed by atoms with Crippen LogP contribution in [0.5, 0.6) is 0 Å². The van der Waals surface area contributed by atoms with E-state index in [-0.39, 0.29) is 55.1 Å². The number of hydrogen-bond acceptors (Lipinski definition) is 24. The average molecular weight is 1860 g/mol. The van der Waals surface area contributed by atoms with Gasteiger partial charge in [-0.05, 0) is 196 Å². The fraction of sp³-hybridized carbons (Fsp3) is 0.337. The molecule has 0 spiro atoms. The molecule has 15 heterocycles. The molecular weight excluding hydrogens is 1750 g/mol. The van der Waals surface area contributed by atoms with Crippen LogP contribution in [-0.4, -0.2) is 272 Å². The molecule has 33 heteroatoms. The first-order valence-electron chi connectivity index (χ1n) is 46.8. The van der Waals surface area contributed by atoms with Crippen molar-refractivity contribution in [3.8, 4) is 56.5 Å². The Labute approximate surface area is 797 Å². The molecule has 9 aromatic heterocycles. The van der Waals surface area contributed by atoms with Gasteiger partial charge < -0.3 is 44.9 Å². The van der Waals surface area contributed by atoms with E-state index in [1.54, 1.807) is 88.3 Å². The summed E-state index contributed by atoms with van der Waals surface area (Å²) in [6, 6.07) is 49.4. The molecule has 4 saturated heterocycles. The molecule has 6 amide bonds. The van der Waals surface area contributed by atoms with Gasteiger partial charge in [0.15, 0.2) is 28.5 Å². The van der Waals surface area contributed by atoms with E-state index in [9.17, 15) is 28.8 Å². The first kappa shape index (κ1) is 93.2. The molecule has 14 aromatic rings. The number of amides is 6. The summed E-state index contributed by atoms with van der Waals surface area (Å²) in [5.41, 5.74) is 16.6. The van der Waals surface area contributed by atoms with Gasteiger partial charge in [-0.2, -0.15) is 15.3 Å². The van der Waals surface area contributed by atoms with Crippen LogP contribution >= 0.6 is 11.3 Å². The van der Waals surface area contributed by atoms with Crippen LogP contribution in [0.1, 0.15) is 105 Å². The SMILES string of the molecule is CCc1cc(-c2n[nH]c3ccc(NC(=O)[C@]4(OC)CCN(CC(=O)N5CC=C(c6ccc(-c7ncccn7)cc6)CC5)C4)cc23)ccn1.CCc1cc(-c2n[nH]c3ccc(NC(=O)[C@]4(OC)CCN(CC(=O)N5CC=C(c6nccs6)CC5)C4)cc23)ccn1.CCc1cc(-c2n[nH]c3ccc(NC(=O)[C@]4(OC)CCN(CC(=O)N5CCC(c6ccc(-c7ncccn7)cc6)CC5)C4)cc23)ccn1. The number of aryl methyl sites for hydroxylation is 3. The second-order valence-corrected chi connectivity index (χ2v) is 36.4. The number of likely N-dealkylation sites (tertiary alicyclic amines) is 4. The van der Waals surface area contributed by atoms with E-state index in [2.05, 4.69) is 156 Å². The predicted molar refractivity (Wildman–Crippen MR) is 528 cm³/mol. The number of carbonyl (C=O) groups is 6. The van der Waals surface area contributed by atoms with E-state index < -0.39 is 16.8 Å². The molecule has 4 fully saturated rings.